The zero-order chi connectivity index (χ0) is 18.7. The molecule has 1 aromatic carbocycles. The minimum Gasteiger partial charge on any atom is -0.305 e. The van der Waals surface area contributed by atoms with Gasteiger partial charge >= 0.3 is 6.18 Å². The van der Waals surface area contributed by atoms with Crippen LogP contribution in [-0.4, -0.2) is 25.5 Å². The molecule has 0 saturated heterocycles. The summed E-state index contributed by atoms with van der Waals surface area (Å²) in [4.78, 5) is 12.3. The Hall–Kier alpha value is -3.10. The highest BCUT2D eigenvalue weighted by Gasteiger charge is 2.30. The highest BCUT2D eigenvalue weighted by molar-refractivity contribution is 6.02. The molecule has 0 aliphatic carbocycles. The summed E-state index contributed by atoms with van der Waals surface area (Å²) in [5.41, 5.74) is -0.471. The Morgan fingerprint density at radius 2 is 2.04 bits per heavy atom. The lowest BCUT2D eigenvalue weighted by Gasteiger charge is -2.08. The van der Waals surface area contributed by atoms with Crippen LogP contribution in [0.25, 0.3) is 5.69 Å². The second-order valence-electron chi connectivity index (χ2n) is 5.59. The van der Waals surface area contributed by atoms with Gasteiger partial charge in [0.1, 0.15) is 5.82 Å². The fourth-order valence-electron chi connectivity index (χ4n) is 2.42. The number of benzene rings is 1. The van der Waals surface area contributed by atoms with E-state index in [0.717, 1.165) is 18.6 Å². The first-order chi connectivity index (χ1) is 12.4. The lowest BCUT2D eigenvalue weighted by molar-refractivity contribution is -0.137. The second-order valence-corrected chi connectivity index (χ2v) is 5.59. The number of aryl methyl sites for hydroxylation is 1. The van der Waals surface area contributed by atoms with Crippen LogP contribution in [0.15, 0.2) is 48.8 Å². The predicted molar refractivity (Wildman–Crippen MR) is 89.0 cm³/mol. The number of alkyl halides is 3. The Morgan fingerprint density at radius 1 is 1.23 bits per heavy atom. The first-order valence-corrected chi connectivity index (χ1v) is 7.95. The first-order valence-electron chi connectivity index (χ1n) is 7.95. The molecule has 6 nitrogen and oxygen atoms in total. The van der Waals surface area contributed by atoms with Crippen molar-refractivity contribution >= 4 is 11.7 Å². The van der Waals surface area contributed by atoms with Gasteiger partial charge in [-0.05, 0) is 30.7 Å². The molecule has 0 saturated carbocycles. The van der Waals surface area contributed by atoms with Crippen molar-refractivity contribution in [3.05, 3.63) is 60.0 Å². The van der Waals surface area contributed by atoms with Crippen molar-refractivity contribution in [1.82, 2.24) is 19.6 Å². The molecule has 0 bridgehead atoms. The van der Waals surface area contributed by atoms with Crippen molar-refractivity contribution in [3.8, 4) is 5.69 Å². The quantitative estimate of drug-likeness (QED) is 0.751. The number of halogens is 3. The van der Waals surface area contributed by atoms with Gasteiger partial charge in [0.25, 0.3) is 5.91 Å². The third-order valence-electron chi connectivity index (χ3n) is 3.65. The fraction of sp³-hybridized carbons (Fsp3) is 0.235. The van der Waals surface area contributed by atoms with Crippen molar-refractivity contribution in [1.29, 1.82) is 0 Å². The molecule has 26 heavy (non-hydrogen) atoms. The minimum absolute atomic E-state index is 0.0895. The summed E-state index contributed by atoms with van der Waals surface area (Å²) in [7, 11) is 0. The van der Waals surface area contributed by atoms with Gasteiger partial charge < -0.3 is 5.32 Å². The maximum atomic E-state index is 12.8. The number of nitrogens with zero attached hydrogens (tertiary/aromatic N) is 4. The fourth-order valence-corrected chi connectivity index (χ4v) is 2.42. The number of carbonyl (C=O) groups excluding carboxylic acids is 1. The molecule has 2 heterocycles. The molecule has 1 N–H and O–H groups in total. The molecule has 0 unspecified atom stereocenters. The van der Waals surface area contributed by atoms with E-state index in [9.17, 15) is 18.0 Å². The number of aromatic nitrogens is 4. The molecule has 3 aromatic rings. The molecule has 1 amide bonds. The van der Waals surface area contributed by atoms with Gasteiger partial charge in [-0.2, -0.15) is 23.4 Å². The summed E-state index contributed by atoms with van der Waals surface area (Å²) in [6.07, 6.45) is -0.573. The van der Waals surface area contributed by atoms with Crippen molar-refractivity contribution in [2.45, 2.75) is 26.1 Å². The topological polar surface area (TPSA) is 64.7 Å². The Balaban J connectivity index is 1.79. The van der Waals surface area contributed by atoms with Crippen LogP contribution in [-0.2, 0) is 12.7 Å². The normalized spacial score (nSPS) is 11.5. The van der Waals surface area contributed by atoms with Crippen molar-refractivity contribution in [2.24, 2.45) is 0 Å². The van der Waals surface area contributed by atoms with E-state index in [4.69, 9.17) is 0 Å². The molecule has 3 rings (SSSR count). The monoisotopic (exact) mass is 363 g/mol. The highest BCUT2D eigenvalue weighted by atomic mass is 19.4. The van der Waals surface area contributed by atoms with E-state index in [1.807, 2.05) is 6.92 Å². The molecular weight excluding hydrogens is 347 g/mol. The molecular formula is C17H16F3N5O. The zero-order valence-corrected chi connectivity index (χ0v) is 13.9. The maximum absolute atomic E-state index is 12.8. The van der Waals surface area contributed by atoms with Gasteiger partial charge in [-0.25, -0.2) is 9.36 Å². The number of carbonyl (C=O) groups is 1. The summed E-state index contributed by atoms with van der Waals surface area (Å²) in [5, 5.41) is 10.9. The molecule has 2 aromatic heterocycles. The van der Waals surface area contributed by atoms with Crippen molar-refractivity contribution < 1.29 is 18.0 Å². The number of amides is 1. The number of hydrogen-bond acceptors (Lipinski definition) is 3. The smallest absolute Gasteiger partial charge is 0.305 e. The summed E-state index contributed by atoms with van der Waals surface area (Å²) in [6.45, 7) is 2.64. The Bertz CT molecular complexity index is 913. The van der Waals surface area contributed by atoms with E-state index in [-0.39, 0.29) is 11.4 Å². The van der Waals surface area contributed by atoms with Crippen LogP contribution in [0.3, 0.4) is 0 Å². The molecule has 0 fully saturated rings. The van der Waals surface area contributed by atoms with Gasteiger partial charge in [0.15, 0.2) is 5.69 Å². The maximum Gasteiger partial charge on any atom is 0.416 e. The lowest BCUT2D eigenvalue weighted by atomic mass is 10.2. The average Bonchev–Trinajstić information content (AvgIpc) is 3.25. The Labute approximate surface area is 147 Å². The van der Waals surface area contributed by atoms with Gasteiger partial charge in [0.05, 0.1) is 17.4 Å². The van der Waals surface area contributed by atoms with Crippen LogP contribution in [0, 0.1) is 0 Å². The van der Waals surface area contributed by atoms with Gasteiger partial charge in [-0.3, -0.25) is 4.79 Å². The summed E-state index contributed by atoms with van der Waals surface area (Å²) < 4.78 is 41.4. The van der Waals surface area contributed by atoms with E-state index in [1.54, 1.807) is 16.9 Å². The van der Waals surface area contributed by atoms with Gasteiger partial charge in [-0.1, -0.05) is 13.0 Å². The molecule has 0 aliphatic rings. The van der Waals surface area contributed by atoms with Gasteiger partial charge in [0.2, 0.25) is 0 Å². The van der Waals surface area contributed by atoms with Crippen LogP contribution in [0.5, 0.6) is 0 Å². The van der Waals surface area contributed by atoms with Crippen LogP contribution in [0.4, 0.5) is 19.0 Å². The second kappa shape index (κ2) is 7.03. The van der Waals surface area contributed by atoms with Gasteiger partial charge in [-0.15, -0.1) is 0 Å². The SMILES string of the molecule is CCCn1nccc1NC(=O)c1ccn(-c2cccc(C(F)(F)F)c2)n1. The van der Waals surface area contributed by atoms with E-state index < -0.39 is 17.6 Å². The molecule has 0 radical (unpaired) electrons. The standard InChI is InChI=1S/C17H16F3N5O/c1-2-9-25-15(6-8-21-25)22-16(26)14-7-10-24(23-14)13-5-3-4-12(11-13)17(18,19)20/h3-8,10-11H,2,9H2,1H3,(H,22,26). The molecule has 9 heteroatoms. The Kier molecular flexibility index (Phi) is 4.79. The van der Waals surface area contributed by atoms with Crippen molar-refractivity contribution in [3.63, 3.8) is 0 Å². The minimum atomic E-state index is -4.44. The van der Waals surface area contributed by atoms with Crippen LogP contribution in [0.1, 0.15) is 29.4 Å². The van der Waals surface area contributed by atoms with E-state index in [2.05, 4.69) is 15.5 Å². The van der Waals surface area contributed by atoms with Crippen LogP contribution in [0.2, 0.25) is 0 Å². The van der Waals surface area contributed by atoms with Crippen molar-refractivity contribution in [2.75, 3.05) is 5.32 Å². The number of nitrogens with one attached hydrogen (secondary N) is 1. The van der Waals surface area contributed by atoms with E-state index in [0.29, 0.717) is 12.4 Å². The Morgan fingerprint density at radius 3 is 2.77 bits per heavy atom. The van der Waals surface area contributed by atoms with Crippen LogP contribution >= 0.6 is 0 Å². The summed E-state index contributed by atoms with van der Waals surface area (Å²) >= 11 is 0. The third-order valence-corrected chi connectivity index (χ3v) is 3.65. The van der Waals surface area contributed by atoms with E-state index in [1.165, 1.54) is 29.1 Å². The first kappa shape index (κ1) is 17.7. The number of hydrogen-bond donors (Lipinski definition) is 1. The predicted octanol–water partition coefficient (Wildman–Crippen LogP) is 3.75. The highest BCUT2D eigenvalue weighted by Crippen LogP contribution is 2.30. The largest absolute Gasteiger partial charge is 0.416 e. The zero-order valence-electron chi connectivity index (χ0n) is 13.9. The average molecular weight is 363 g/mol. The van der Waals surface area contributed by atoms with E-state index >= 15 is 0 Å². The number of rotatable bonds is 5. The molecule has 0 spiro atoms. The lowest BCUT2D eigenvalue weighted by Crippen LogP contribution is -2.16. The summed E-state index contributed by atoms with van der Waals surface area (Å²) in [6, 6.07) is 7.84. The number of anilines is 1. The van der Waals surface area contributed by atoms with Gasteiger partial charge in [0, 0.05) is 18.8 Å². The molecule has 0 atom stereocenters. The third kappa shape index (κ3) is 3.76. The van der Waals surface area contributed by atoms with Crippen LogP contribution < -0.4 is 5.32 Å². The molecule has 136 valence electrons. The summed E-state index contributed by atoms with van der Waals surface area (Å²) in [5.74, 6) is 0.0686. The molecule has 0 aliphatic heterocycles.